The fraction of sp³-hybridized carbons (Fsp3) is 0.300. The van der Waals surface area contributed by atoms with Crippen molar-refractivity contribution < 1.29 is 5.11 Å². The van der Waals surface area contributed by atoms with Crippen molar-refractivity contribution in [1.29, 1.82) is 5.26 Å². The molecule has 0 atom stereocenters. The molecule has 1 aliphatic carbocycles. The van der Waals surface area contributed by atoms with E-state index in [1.807, 2.05) is 6.07 Å². The molecule has 1 aliphatic rings. The Morgan fingerprint density at radius 1 is 1.46 bits per heavy atom. The third-order valence-electron chi connectivity index (χ3n) is 2.43. The lowest BCUT2D eigenvalue weighted by Crippen LogP contribution is -1.88. The minimum atomic E-state index is 0.0863. The average molecular weight is 238 g/mol. The summed E-state index contributed by atoms with van der Waals surface area (Å²) in [6.07, 6.45) is 3.13. The van der Waals surface area contributed by atoms with Gasteiger partial charge >= 0.3 is 0 Å². The quantitative estimate of drug-likeness (QED) is 0.754. The summed E-state index contributed by atoms with van der Waals surface area (Å²) < 4.78 is 0.707. The number of aryl methyl sites for hydroxylation is 1. The van der Waals surface area contributed by atoms with E-state index >= 15 is 0 Å². The molecule has 0 heterocycles. The summed E-state index contributed by atoms with van der Waals surface area (Å²) in [5.74, 6) is 0.0863. The van der Waals surface area contributed by atoms with Crippen LogP contribution in [0, 0.1) is 11.3 Å². The molecular weight excluding hydrogens is 230 g/mol. The average Bonchev–Trinajstić information content (AvgIpc) is 2.59. The summed E-state index contributed by atoms with van der Waals surface area (Å²) in [6, 6.07) is 3.78. The van der Waals surface area contributed by atoms with Gasteiger partial charge in [0.1, 0.15) is 11.8 Å². The maximum Gasteiger partial charge on any atom is 0.147 e. The van der Waals surface area contributed by atoms with E-state index in [0.29, 0.717) is 10.0 Å². The molecule has 0 saturated carbocycles. The molecule has 0 spiro atoms. The predicted molar refractivity (Wildman–Crippen MR) is 52.5 cm³/mol. The van der Waals surface area contributed by atoms with Crippen molar-refractivity contribution in [3.8, 4) is 11.8 Å². The van der Waals surface area contributed by atoms with Crippen LogP contribution in [-0.4, -0.2) is 5.11 Å². The van der Waals surface area contributed by atoms with Crippen LogP contribution < -0.4 is 0 Å². The molecule has 2 rings (SSSR count). The number of benzene rings is 1. The van der Waals surface area contributed by atoms with Gasteiger partial charge in [-0.15, -0.1) is 0 Å². The van der Waals surface area contributed by atoms with Gasteiger partial charge in [0, 0.05) is 0 Å². The van der Waals surface area contributed by atoms with Gasteiger partial charge in [-0.25, -0.2) is 0 Å². The largest absolute Gasteiger partial charge is 0.505 e. The van der Waals surface area contributed by atoms with Crippen molar-refractivity contribution in [2.45, 2.75) is 19.3 Å². The first-order valence-electron chi connectivity index (χ1n) is 4.17. The molecule has 13 heavy (non-hydrogen) atoms. The van der Waals surface area contributed by atoms with Gasteiger partial charge in [0.25, 0.3) is 0 Å². The Bertz CT molecular complexity index is 403. The van der Waals surface area contributed by atoms with Crippen LogP contribution in [0.15, 0.2) is 10.5 Å². The second-order valence-electron chi connectivity index (χ2n) is 3.19. The molecule has 0 aromatic heterocycles. The minimum absolute atomic E-state index is 0.0863. The second kappa shape index (κ2) is 3.04. The predicted octanol–water partition coefficient (Wildman–Crippen LogP) is 2.52. The van der Waals surface area contributed by atoms with Crippen LogP contribution in [-0.2, 0) is 12.8 Å². The summed E-state index contributed by atoms with van der Waals surface area (Å²) >= 11 is 3.32. The molecule has 1 aromatic carbocycles. The summed E-state index contributed by atoms with van der Waals surface area (Å²) in [5, 5.41) is 18.3. The standard InChI is InChI=1S/C10H8BrNO/c11-9-8-3-1-2-6(8)4-7(5-12)10(9)13/h4,13H,1-3H2. The number of nitriles is 1. The van der Waals surface area contributed by atoms with E-state index in [9.17, 15) is 5.11 Å². The number of aromatic hydroxyl groups is 1. The zero-order chi connectivity index (χ0) is 9.42. The summed E-state index contributed by atoms with van der Waals surface area (Å²) in [4.78, 5) is 0. The normalized spacial score (nSPS) is 13.8. The molecule has 1 N–H and O–H groups in total. The van der Waals surface area contributed by atoms with Crippen LogP contribution in [0.5, 0.6) is 5.75 Å². The fourth-order valence-electron chi connectivity index (χ4n) is 1.77. The van der Waals surface area contributed by atoms with Crippen molar-refractivity contribution in [3.05, 3.63) is 27.2 Å². The number of halogens is 1. The maximum atomic E-state index is 9.59. The lowest BCUT2D eigenvalue weighted by Gasteiger charge is -2.05. The lowest BCUT2D eigenvalue weighted by atomic mass is 10.1. The van der Waals surface area contributed by atoms with Crippen molar-refractivity contribution in [3.63, 3.8) is 0 Å². The summed E-state index contributed by atoms with van der Waals surface area (Å²) in [6.45, 7) is 0. The third-order valence-corrected chi connectivity index (χ3v) is 3.28. The van der Waals surface area contributed by atoms with Crippen LogP contribution in [0.4, 0.5) is 0 Å². The van der Waals surface area contributed by atoms with Gasteiger partial charge in [0.2, 0.25) is 0 Å². The Morgan fingerprint density at radius 2 is 2.23 bits per heavy atom. The maximum absolute atomic E-state index is 9.59. The summed E-state index contributed by atoms with van der Waals surface area (Å²) in [7, 11) is 0. The zero-order valence-corrected chi connectivity index (χ0v) is 8.56. The van der Waals surface area contributed by atoms with Gasteiger partial charge in [-0.1, -0.05) is 0 Å². The molecule has 2 nitrogen and oxygen atoms in total. The van der Waals surface area contributed by atoms with Gasteiger partial charge < -0.3 is 5.11 Å². The van der Waals surface area contributed by atoms with E-state index in [1.54, 1.807) is 6.07 Å². The first-order valence-corrected chi connectivity index (χ1v) is 4.96. The van der Waals surface area contributed by atoms with Gasteiger partial charge in [0.15, 0.2) is 0 Å². The molecule has 66 valence electrons. The molecule has 0 amide bonds. The smallest absolute Gasteiger partial charge is 0.147 e. The number of phenols is 1. The third kappa shape index (κ3) is 1.22. The second-order valence-corrected chi connectivity index (χ2v) is 3.98. The Hall–Kier alpha value is -1.01. The Balaban J connectivity index is 2.70. The van der Waals surface area contributed by atoms with Crippen molar-refractivity contribution in [1.82, 2.24) is 0 Å². The number of nitrogens with zero attached hydrogens (tertiary/aromatic N) is 1. The van der Waals surface area contributed by atoms with E-state index in [-0.39, 0.29) is 5.75 Å². The van der Waals surface area contributed by atoms with Crippen LogP contribution >= 0.6 is 15.9 Å². The van der Waals surface area contributed by atoms with Gasteiger partial charge in [-0.3, -0.25) is 0 Å². The van der Waals surface area contributed by atoms with Crippen molar-refractivity contribution in [2.75, 3.05) is 0 Å². The molecular formula is C10H8BrNO. The Kier molecular flexibility index (Phi) is 2.01. The molecule has 3 heteroatoms. The molecule has 0 unspecified atom stereocenters. The van der Waals surface area contributed by atoms with E-state index < -0.39 is 0 Å². The fourth-order valence-corrected chi connectivity index (χ4v) is 2.43. The van der Waals surface area contributed by atoms with Crippen LogP contribution in [0.25, 0.3) is 0 Å². The van der Waals surface area contributed by atoms with Crippen LogP contribution in [0.1, 0.15) is 23.1 Å². The van der Waals surface area contributed by atoms with Crippen molar-refractivity contribution in [2.24, 2.45) is 0 Å². The topological polar surface area (TPSA) is 44.0 Å². The number of rotatable bonds is 0. The van der Waals surface area contributed by atoms with Crippen LogP contribution in [0.3, 0.4) is 0 Å². The molecule has 0 fully saturated rings. The Morgan fingerprint density at radius 3 is 2.92 bits per heavy atom. The van der Waals surface area contributed by atoms with Gasteiger partial charge in [-0.05, 0) is 52.4 Å². The van der Waals surface area contributed by atoms with Crippen molar-refractivity contribution >= 4 is 15.9 Å². The number of hydrogen-bond acceptors (Lipinski definition) is 2. The minimum Gasteiger partial charge on any atom is -0.505 e. The van der Waals surface area contributed by atoms with E-state index in [2.05, 4.69) is 15.9 Å². The number of fused-ring (bicyclic) bond motifs is 1. The highest BCUT2D eigenvalue weighted by Gasteiger charge is 2.19. The highest BCUT2D eigenvalue weighted by atomic mass is 79.9. The monoisotopic (exact) mass is 237 g/mol. The first kappa shape index (κ1) is 8.58. The van der Waals surface area contributed by atoms with Gasteiger partial charge in [-0.2, -0.15) is 5.26 Å². The highest BCUT2D eigenvalue weighted by Crippen LogP contribution is 2.37. The molecule has 0 saturated heterocycles. The molecule has 0 bridgehead atoms. The summed E-state index contributed by atoms with van der Waals surface area (Å²) in [5.41, 5.74) is 2.73. The van der Waals surface area contributed by atoms with Gasteiger partial charge in [0.05, 0.1) is 10.0 Å². The van der Waals surface area contributed by atoms with E-state index in [4.69, 9.17) is 5.26 Å². The lowest BCUT2D eigenvalue weighted by molar-refractivity contribution is 0.469. The molecule has 0 aliphatic heterocycles. The highest BCUT2D eigenvalue weighted by molar-refractivity contribution is 9.10. The Labute approximate surface area is 84.9 Å². The zero-order valence-electron chi connectivity index (χ0n) is 6.97. The number of phenolic OH excluding ortho intramolecular Hbond substituents is 1. The SMILES string of the molecule is N#Cc1cc2c(c(Br)c1O)CCC2. The van der Waals surface area contributed by atoms with E-state index in [0.717, 1.165) is 24.8 Å². The van der Waals surface area contributed by atoms with E-state index in [1.165, 1.54) is 5.56 Å². The first-order chi connectivity index (χ1) is 6.24. The number of hydrogen-bond donors (Lipinski definition) is 1. The van der Waals surface area contributed by atoms with Crippen LogP contribution in [0.2, 0.25) is 0 Å². The molecule has 0 radical (unpaired) electrons. The molecule has 1 aromatic rings.